The van der Waals surface area contributed by atoms with Gasteiger partial charge in [0.1, 0.15) is 0 Å². The summed E-state index contributed by atoms with van der Waals surface area (Å²) in [5.41, 5.74) is 7.70. The highest BCUT2D eigenvalue weighted by atomic mass is 32.1. The minimum Gasteiger partial charge on any atom is -0.324 e. The van der Waals surface area contributed by atoms with Crippen molar-refractivity contribution in [1.29, 1.82) is 0 Å². The molecule has 2 nitrogen and oxygen atoms in total. The van der Waals surface area contributed by atoms with E-state index in [1.165, 1.54) is 17.8 Å². The van der Waals surface area contributed by atoms with Gasteiger partial charge in [0.25, 0.3) is 0 Å². The van der Waals surface area contributed by atoms with Crippen LogP contribution in [0.3, 0.4) is 0 Å². The summed E-state index contributed by atoms with van der Waals surface area (Å²) >= 11 is 1.75. The Kier molecular flexibility index (Phi) is 3.36. The van der Waals surface area contributed by atoms with E-state index < -0.39 is 0 Å². The predicted molar refractivity (Wildman–Crippen MR) is 69.7 cm³/mol. The first-order chi connectivity index (χ1) is 7.49. The largest absolute Gasteiger partial charge is 0.324 e. The molecule has 3 atom stereocenters. The monoisotopic (exact) mass is 238 g/mol. The van der Waals surface area contributed by atoms with Crippen molar-refractivity contribution in [3.05, 3.63) is 16.1 Å². The molecule has 16 heavy (non-hydrogen) atoms. The SMILES string of the molecule is Cc1csc(CC2(N)CC(C)CCC2C)n1. The molecule has 1 heterocycles. The van der Waals surface area contributed by atoms with Gasteiger partial charge >= 0.3 is 0 Å². The van der Waals surface area contributed by atoms with Crippen LogP contribution in [-0.2, 0) is 6.42 Å². The van der Waals surface area contributed by atoms with Gasteiger partial charge in [-0.1, -0.05) is 20.3 Å². The van der Waals surface area contributed by atoms with Crippen molar-refractivity contribution >= 4 is 11.3 Å². The number of hydrogen-bond donors (Lipinski definition) is 1. The Balaban J connectivity index is 2.11. The summed E-state index contributed by atoms with van der Waals surface area (Å²) in [6.45, 7) is 6.67. The van der Waals surface area contributed by atoms with Gasteiger partial charge in [-0.3, -0.25) is 0 Å². The first-order valence-electron chi connectivity index (χ1n) is 6.19. The molecular weight excluding hydrogens is 216 g/mol. The number of nitrogens with zero attached hydrogens (tertiary/aromatic N) is 1. The van der Waals surface area contributed by atoms with Crippen LogP contribution in [0.15, 0.2) is 5.38 Å². The van der Waals surface area contributed by atoms with Crippen LogP contribution in [0.1, 0.15) is 43.8 Å². The van der Waals surface area contributed by atoms with Crippen LogP contribution in [-0.4, -0.2) is 10.5 Å². The Hall–Kier alpha value is -0.410. The van der Waals surface area contributed by atoms with Crippen LogP contribution >= 0.6 is 11.3 Å². The molecule has 1 aromatic heterocycles. The molecule has 2 N–H and O–H groups in total. The summed E-state index contributed by atoms with van der Waals surface area (Å²) in [6.07, 6.45) is 4.70. The second-order valence-corrected chi connectivity index (χ2v) is 6.52. The van der Waals surface area contributed by atoms with Crippen LogP contribution in [0.4, 0.5) is 0 Å². The highest BCUT2D eigenvalue weighted by Crippen LogP contribution is 2.37. The molecule has 1 saturated carbocycles. The van der Waals surface area contributed by atoms with Crippen LogP contribution in [0.5, 0.6) is 0 Å². The second kappa shape index (κ2) is 4.46. The van der Waals surface area contributed by atoms with Crippen molar-refractivity contribution < 1.29 is 0 Å². The molecule has 1 aromatic rings. The molecule has 0 spiro atoms. The minimum absolute atomic E-state index is 0.0258. The molecule has 0 aliphatic heterocycles. The lowest BCUT2D eigenvalue weighted by Gasteiger charge is -2.42. The summed E-state index contributed by atoms with van der Waals surface area (Å²) in [6, 6.07) is 0. The molecule has 0 saturated heterocycles. The maximum atomic E-state index is 6.60. The molecule has 1 aliphatic carbocycles. The number of thiazole rings is 1. The molecule has 1 aliphatic rings. The van der Waals surface area contributed by atoms with Gasteiger partial charge in [0.05, 0.1) is 5.01 Å². The minimum atomic E-state index is -0.0258. The summed E-state index contributed by atoms with van der Waals surface area (Å²) < 4.78 is 0. The normalized spacial score (nSPS) is 35.2. The van der Waals surface area contributed by atoms with E-state index in [0.29, 0.717) is 5.92 Å². The Morgan fingerprint density at radius 1 is 1.50 bits per heavy atom. The van der Waals surface area contributed by atoms with E-state index in [0.717, 1.165) is 24.5 Å². The van der Waals surface area contributed by atoms with Crippen molar-refractivity contribution in [2.24, 2.45) is 17.6 Å². The maximum Gasteiger partial charge on any atom is 0.0946 e. The zero-order valence-electron chi connectivity index (χ0n) is 10.5. The van der Waals surface area contributed by atoms with Gasteiger partial charge in [-0.25, -0.2) is 4.98 Å². The molecule has 3 unspecified atom stereocenters. The lowest BCUT2D eigenvalue weighted by Crippen LogP contribution is -2.51. The number of rotatable bonds is 2. The summed E-state index contributed by atoms with van der Waals surface area (Å²) in [4.78, 5) is 4.55. The molecule has 0 aromatic carbocycles. The van der Waals surface area contributed by atoms with E-state index in [4.69, 9.17) is 5.73 Å². The second-order valence-electron chi connectivity index (χ2n) is 5.58. The summed E-state index contributed by atoms with van der Waals surface area (Å²) in [7, 11) is 0. The fourth-order valence-corrected chi connectivity index (χ4v) is 3.69. The highest BCUT2D eigenvalue weighted by molar-refractivity contribution is 7.09. The standard InChI is InChI=1S/C13H22N2S/c1-9-4-5-10(2)13(14,6-9)7-12-15-11(3)8-16-12/h8-10H,4-7,14H2,1-3H3. The van der Waals surface area contributed by atoms with Gasteiger partial charge in [0, 0.05) is 23.0 Å². The molecule has 2 rings (SSSR count). The predicted octanol–water partition coefficient (Wildman–Crippen LogP) is 3.15. The topological polar surface area (TPSA) is 38.9 Å². The van der Waals surface area contributed by atoms with E-state index >= 15 is 0 Å². The molecule has 0 radical (unpaired) electrons. The Labute approximate surface area is 102 Å². The highest BCUT2D eigenvalue weighted by Gasteiger charge is 2.37. The molecule has 0 amide bonds. The molecule has 1 fully saturated rings. The molecule has 90 valence electrons. The van der Waals surface area contributed by atoms with Gasteiger partial charge in [-0.05, 0) is 31.6 Å². The van der Waals surface area contributed by atoms with Crippen LogP contribution in [0.25, 0.3) is 0 Å². The van der Waals surface area contributed by atoms with E-state index in [2.05, 4.69) is 31.1 Å². The van der Waals surface area contributed by atoms with Gasteiger partial charge in [-0.2, -0.15) is 0 Å². The molecular formula is C13H22N2S. The summed E-state index contributed by atoms with van der Waals surface area (Å²) in [5, 5.41) is 3.33. The Morgan fingerprint density at radius 2 is 2.25 bits per heavy atom. The lowest BCUT2D eigenvalue weighted by atomic mass is 9.69. The molecule has 3 heteroatoms. The fourth-order valence-electron chi connectivity index (χ4n) is 2.79. The van der Waals surface area contributed by atoms with Crippen molar-refractivity contribution in [3.8, 4) is 0 Å². The van der Waals surface area contributed by atoms with Crippen LogP contribution < -0.4 is 5.73 Å². The Bertz CT molecular complexity index is 361. The lowest BCUT2D eigenvalue weighted by molar-refractivity contribution is 0.161. The zero-order valence-corrected chi connectivity index (χ0v) is 11.3. The van der Waals surface area contributed by atoms with Crippen molar-refractivity contribution in [1.82, 2.24) is 4.98 Å². The fraction of sp³-hybridized carbons (Fsp3) is 0.769. The van der Waals surface area contributed by atoms with Gasteiger partial charge < -0.3 is 5.73 Å². The average Bonchev–Trinajstić information content (AvgIpc) is 2.58. The third-order valence-corrected chi connectivity index (χ3v) is 4.92. The van der Waals surface area contributed by atoms with E-state index in [1.54, 1.807) is 11.3 Å². The van der Waals surface area contributed by atoms with Crippen molar-refractivity contribution in [3.63, 3.8) is 0 Å². The van der Waals surface area contributed by atoms with Crippen LogP contribution in [0.2, 0.25) is 0 Å². The van der Waals surface area contributed by atoms with E-state index in [-0.39, 0.29) is 5.54 Å². The van der Waals surface area contributed by atoms with E-state index in [1.807, 2.05) is 0 Å². The zero-order chi connectivity index (χ0) is 11.8. The van der Waals surface area contributed by atoms with E-state index in [9.17, 15) is 0 Å². The van der Waals surface area contributed by atoms with Gasteiger partial charge in [0.2, 0.25) is 0 Å². The number of hydrogen-bond acceptors (Lipinski definition) is 3. The van der Waals surface area contributed by atoms with Gasteiger partial charge in [-0.15, -0.1) is 11.3 Å². The molecule has 0 bridgehead atoms. The van der Waals surface area contributed by atoms with Crippen molar-refractivity contribution in [2.75, 3.05) is 0 Å². The number of aryl methyl sites for hydroxylation is 1. The van der Waals surface area contributed by atoms with Crippen molar-refractivity contribution in [2.45, 2.75) is 52.0 Å². The number of nitrogens with two attached hydrogens (primary N) is 1. The maximum absolute atomic E-state index is 6.60. The quantitative estimate of drug-likeness (QED) is 0.859. The number of aromatic nitrogens is 1. The van der Waals surface area contributed by atoms with Gasteiger partial charge in [0.15, 0.2) is 0 Å². The third kappa shape index (κ3) is 2.46. The smallest absolute Gasteiger partial charge is 0.0946 e. The Morgan fingerprint density at radius 3 is 2.88 bits per heavy atom. The third-order valence-electron chi connectivity index (χ3n) is 3.95. The van der Waals surface area contributed by atoms with Crippen LogP contribution in [0, 0.1) is 18.8 Å². The summed E-state index contributed by atoms with van der Waals surface area (Å²) in [5.74, 6) is 1.38. The first-order valence-corrected chi connectivity index (χ1v) is 7.07. The first kappa shape index (κ1) is 12.1. The average molecular weight is 238 g/mol.